The van der Waals surface area contributed by atoms with Gasteiger partial charge in [0.05, 0.1) is 35.7 Å². The highest BCUT2D eigenvalue weighted by atomic mass is 35.6. The van der Waals surface area contributed by atoms with Crippen LogP contribution in [0.25, 0.3) is 0 Å². The van der Waals surface area contributed by atoms with E-state index in [9.17, 15) is 8.42 Å². The lowest BCUT2D eigenvalue weighted by molar-refractivity contribution is 0.512. The Morgan fingerprint density at radius 2 is 2.14 bits per heavy atom. The number of amidine groups is 1. The van der Waals surface area contributed by atoms with Crippen LogP contribution in [-0.4, -0.2) is 41.0 Å². The van der Waals surface area contributed by atoms with Gasteiger partial charge in [0.15, 0.2) is 9.84 Å². The van der Waals surface area contributed by atoms with Gasteiger partial charge in [-0.2, -0.15) is 0 Å². The van der Waals surface area contributed by atoms with Gasteiger partial charge < -0.3 is 9.73 Å². The molecule has 1 N–H and O–H groups in total. The lowest BCUT2D eigenvalue weighted by Gasteiger charge is -2.22. The normalized spacial score (nSPS) is 26.0. The molecular weight excluding hydrogens is 382 g/mol. The summed E-state index contributed by atoms with van der Waals surface area (Å²) in [6.07, 6.45) is 1.51. The zero-order chi connectivity index (χ0) is 15.7. The van der Waals surface area contributed by atoms with Crippen LogP contribution in [0.2, 0.25) is 0 Å². The quantitative estimate of drug-likeness (QED) is 0.486. The Balaban J connectivity index is 2.12. The summed E-state index contributed by atoms with van der Waals surface area (Å²) in [5.41, 5.74) is 0. The van der Waals surface area contributed by atoms with Gasteiger partial charge in [-0.1, -0.05) is 34.8 Å². The van der Waals surface area contributed by atoms with Crippen molar-refractivity contribution in [3.8, 4) is 0 Å². The number of rotatable bonds is 3. The first-order chi connectivity index (χ1) is 9.67. The molecule has 1 aromatic heterocycles. The average molecular weight is 394 g/mol. The molecule has 0 aliphatic carbocycles. The second-order valence-electron chi connectivity index (χ2n) is 4.59. The van der Waals surface area contributed by atoms with Crippen molar-refractivity contribution in [2.24, 2.45) is 4.99 Å². The fourth-order valence-electron chi connectivity index (χ4n) is 1.89. The molecule has 10 heteroatoms. The molecule has 1 aliphatic rings. The van der Waals surface area contributed by atoms with Crippen molar-refractivity contribution in [1.82, 2.24) is 5.32 Å². The summed E-state index contributed by atoms with van der Waals surface area (Å²) in [5.74, 6) is 0.390. The number of sulfone groups is 1. The third-order valence-corrected chi connectivity index (χ3v) is 5.76. The Bertz CT molecular complexity index is 610. The molecule has 118 valence electrons. The van der Waals surface area contributed by atoms with Gasteiger partial charge in [-0.15, -0.1) is 11.6 Å². The molecule has 1 saturated heterocycles. The Kier molecular flexibility index (Phi) is 5.36. The molecule has 1 fully saturated rings. The van der Waals surface area contributed by atoms with Gasteiger partial charge in [0.1, 0.15) is 11.6 Å². The highest BCUT2D eigenvalue weighted by Crippen LogP contribution is 2.29. The van der Waals surface area contributed by atoms with Crippen molar-refractivity contribution in [1.29, 1.82) is 0 Å². The molecule has 0 saturated carbocycles. The minimum Gasteiger partial charge on any atom is -0.467 e. The van der Waals surface area contributed by atoms with Crippen molar-refractivity contribution in [3.63, 3.8) is 0 Å². The maximum absolute atomic E-state index is 11.5. The van der Waals surface area contributed by atoms with Crippen LogP contribution in [0.5, 0.6) is 0 Å². The van der Waals surface area contributed by atoms with Crippen molar-refractivity contribution in [2.75, 3.05) is 11.5 Å². The van der Waals surface area contributed by atoms with E-state index in [0.29, 0.717) is 5.76 Å². The highest BCUT2D eigenvalue weighted by Gasteiger charge is 2.39. The SMILES string of the molecule is O=S1(=O)C[C@@H](Cl)[C@H](NC(=NCc2ccco2)C(Cl)(Cl)Cl)C1. The van der Waals surface area contributed by atoms with Gasteiger partial charge in [-0.3, -0.25) is 4.99 Å². The van der Waals surface area contributed by atoms with Crippen LogP contribution < -0.4 is 5.32 Å². The Morgan fingerprint density at radius 3 is 2.62 bits per heavy atom. The second kappa shape index (κ2) is 6.54. The lowest BCUT2D eigenvalue weighted by atomic mass is 10.2. The minimum absolute atomic E-state index is 0.0386. The topological polar surface area (TPSA) is 71.7 Å². The molecule has 0 unspecified atom stereocenters. The Labute approximate surface area is 142 Å². The zero-order valence-corrected chi connectivity index (χ0v) is 14.4. The van der Waals surface area contributed by atoms with Crippen molar-refractivity contribution < 1.29 is 12.8 Å². The molecule has 0 spiro atoms. The van der Waals surface area contributed by atoms with E-state index in [1.807, 2.05) is 0 Å². The number of hydrogen-bond donors (Lipinski definition) is 1. The number of furan rings is 1. The molecule has 0 amide bonds. The molecule has 0 aromatic carbocycles. The fourth-order valence-corrected chi connectivity index (χ4v) is 4.78. The van der Waals surface area contributed by atoms with Gasteiger partial charge >= 0.3 is 0 Å². The summed E-state index contributed by atoms with van der Waals surface area (Å²) in [6, 6.07) is 2.89. The van der Waals surface area contributed by atoms with Crippen LogP contribution in [0.3, 0.4) is 0 Å². The van der Waals surface area contributed by atoms with Crippen molar-refractivity contribution in [2.45, 2.75) is 21.8 Å². The Hall–Kier alpha value is -0.140. The largest absolute Gasteiger partial charge is 0.467 e. The Morgan fingerprint density at radius 1 is 1.43 bits per heavy atom. The molecule has 21 heavy (non-hydrogen) atoms. The summed E-state index contributed by atoms with van der Waals surface area (Å²) in [6.45, 7) is 0.162. The van der Waals surface area contributed by atoms with E-state index in [2.05, 4.69) is 10.3 Å². The van der Waals surface area contributed by atoms with E-state index in [4.69, 9.17) is 50.8 Å². The maximum atomic E-state index is 11.5. The first-order valence-electron chi connectivity index (χ1n) is 5.92. The lowest BCUT2D eigenvalue weighted by Crippen LogP contribution is -2.46. The van der Waals surface area contributed by atoms with Gasteiger partial charge in [0.2, 0.25) is 3.79 Å². The molecule has 2 heterocycles. The summed E-state index contributed by atoms with van der Waals surface area (Å²) >= 11 is 23.6. The predicted molar refractivity (Wildman–Crippen MR) is 85.4 cm³/mol. The number of halogens is 4. The summed E-state index contributed by atoms with van der Waals surface area (Å²) in [4.78, 5) is 4.15. The molecule has 0 radical (unpaired) electrons. The van der Waals surface area contributed by atoms with Crippen molar-refractivity contribution >= 4 is 62.1 Å². The van der Waals surface area contributed by atoms with Gasteiger partial charge in [0.25, 0.3) is 0 Å². The molecular formula is C11H12Cl4N2O3S. The highest BCUT2D eigenvalue weighted by molar-refractivity contribution is 7.91. The van der Waals surface area contributed by atoms with Gasteiger partial charge in [-0.05, 0) is 12.1 Å². The van der Waals surface area contributed by atoms with Crippen molar-refractivity contribution in [3.05, 3.63) is 24.2 Å². The minimum atomic E-state index is -3.19. The third-order valence-electron chi connectivity index (χ3n) is 2.85. The molecule has 2 atom stereocenters. The van der Waals surface area contributed by atoms with Gasteiger partial charge in [-0.25, -0.2) is 8.42 Å². The van der Waals surface area contributed by atoms with Crippen LogP contribution in [0, 0.1) is 0 Å². The maximum Gasteiger partial charge on any atom is 0.247 e. The third kappa shape index (κ3) is 4.93. The van der Waals surface area contributed by atoms with Gasteiger partial charge in [0, 0.05) is 0 Å². The summed E-state index contributed by atoms with van der Waals surface area (Å²) in [5, 5.41) is 2.22. The monoisotopic (exact) mass is 392 g/mol. The van der Waals surface area contributed by atoms with E-state index >= 15 is 0 Å². The number of aliphatic imine (C=N–C) groups is 1. The van der Waals surface area contributed by atoms with E-state index in [1.54, 1.807) is 12.1 Å². The standard InChI is InChI=1S/C11H12Cl4N2O3S/c12-8-5-21(18,19)6-9(8)17-10(11(13,14)15)16-4-7-2-1-3-20-7/h1-3,8-9H,4-6H2,(H,16,17)/t8-,9-/m1/s1. The van der Waals surface area contributed by atoms with Crippen LogP contribution in [0.1, 0.15) is 5.76 Å². The molecule has 2 rings (SSSR count). The van der Waals surface area contributed by atoms with Crippen LogP contribution in [0.4, 0.5) is 0 Å². The zero-order valence-electron chi connectivity index (χ0n) is 10.6. The molecule has 1 aromatic rings. The number of hydrogen-bond acceptors (Lipinski definition) is 4. The average Bonchev–Trinajstić information content (AvgIpc) is 2.91. The molecule has 1 aliphatic heterocycles. The second-order valence-corrected chi connectivity index (χ2v) is 9.58. The first-order valence-corrected chi connectivity index (χ1v) is 9.31. The number of alkyl halides is 4. The fraction of sp³-hybridized carbons (Fsp3) is 0.545. The number of nitrogens with zero attached hydrogens (tertiary/aromatic N) is 1. The van der Waals surface area contributed by atoms with Crippen LogP contribution in [-0.2, 0) is 16.4 Å². The molecule has 5 nitrogen and oxygen atoms in total. The van der Waals surface area contributed by atoms with E-state index in [1.165, 1.54) is 6.26 Å². The van der Waals surface area contributed by atoms with E-state index < -0.39 is 25.0 Å². The first kappa shape index (κ1) is 17.2. The smallest absolute Gasteiger partial charge is 0.247 e. The summed E-state index contributed by atoms with van der Waals surface area (Å²) in [7, 11) is -3.19. The van der Waals surface area contributed by atoms with E-state index in [-0.39, 0.29) is 23.9 Å². The predicted octanol–water partition coefficient (Wildman–Crippen LogP) is 2.54. The van der Waals surface area contributed by atoms with Crippen LogP contribution >= 0.6 is 46.4 Å². The van der Waals surface area contributed by atoms with E-state index in [0.717, 1.165) is 0 Å². The summed E-state index contributed by atoms with van der Waals surface area (Å²) < 4.78 is 26.4. The number of nitrogens with one attached hydrogen (secondary N) is 1. The molecule has 0 bridgehead atoms. The van der Waals surface area contributed by atoms with Crippen LogP contribution in [0.15, 0.2) is 27.8 Å².